The van der Waals surface area contributed by atoms with Gasteiger partial charge in [0.15, 0.2) is 5.89 Å². The average Bonchev–Trinajstić information content (AvgIpc) is 2.80. The number of carbonyl (C=O) groups is 1. The van der Waals surface area contributed by atoms with Gasteiger partial charge in [-0.15, -0.1) is 0 Å². The number of rotatable bonds is 3. The van der Waals surface area contributed by atoms with Crippen LogP contribution in [0.1, 0.15) is 41.9 Å². The number of aromatic nitrogens is 1. The van der Waals surface area contributed by atoms with Crippen LogP contribution >= 0.6 is 0 Å². The van der Waals surface area contributed by atoms with E-state index in [1.807, 2.05) is 44.2 Å². The highest BCUT2D eigenvalue weighted by atomic mass is 16.4. The predicted octanol–water partition coefficient (Wildman–Crippen LogP) is 3.38. The first-order valence-corrected chi connectivity index (χ1v) is 6.31. The number of amides is 1. The third-order valence-electron chi connectivity index (χ3n) is 2.95. The fourth-order valence-electron chi connectivity index (χ4n) is 1.91. The van der Waals surface area contributed by atoms with Crippen molar-refractivity contribution in [3.05, 3.63) is 47.7 Å². The minimum atomic E-state index is -0.171. The lowest BCUT2D eigenvalue weighted by atomic mass is 10.1. The summed E-state index contributed by atoms with van der Waals surface area (Å²) in [6, 6.07) is 9.48. The topological polar surface area (TPSA) is 46.3 Å². The Morgan fingerprint density at radius 3 is 2.47 bits per heavy atom. The molecule has 4 heteroatoms. The summed E-state index contributed by atoms with van der Waals surface area (Å²) in [4.78, 5) is 18.3. The Morgan fingerprint density at radius 1 is 1.26 bits per heavy atom. The second kappa shape index (κ2) is 5.26. The number of hydrogen-bond acceptors (Lipinski definition) is 3. The summed E-state index contributed by atoms with van der Waals surface area (Å²) in [5.74, 6) is 0.837. The minimum absolute atomic E-state index is 0.153. The van der Waals surface area contributed by atoms with Gasteiger partial charge in [0.05, 0.1) is 5.69 Å². The van der Waals surface area contributed by atoms with Gasteiger partial charge in [-0.1, -0.05) is 32.0 Å². The fraction of sp³-hybridized carbons (Fsp3) is 0.333. The number of aryl methyl sites for hydroxylation is 1. The van der Waals surface area contributed by atoms with Crippen molar-refractivity contribution in [3.63, 3.8) is 0 Å². The Kier molecular flexibility index (Phi) is 3.69. The first-order chi connectivity index (χ1) is 9.00. The number of hydrogen-bond donors (Lipinski definition) is 0. The molecule has 0 N–H and O–H groups in total. The van der Waals surface area contributed by atoms with E-state index < -0.39 is 0 Å². The maximum absolute atomic E-state index is 12.5. The third kappa shape index (κ3) is 2.67. The lowest BCUT2D eigenvalue weighted by molar-refractivity contribution is 0.0963. The molecule has 0 fully saturated rings. The molecule has 1 aromatic heterocycles. The van der Waals surface area contributed by atoms with Crippen LogP contribution in [0.4, 0.5) is 5.69 Å². The number of carbonyl (C=O) groups excluding carboxylic acids is 1. The first-order valence-electron chi connectivity index (χ1n) is 6.31. The lowest BCUT2D eigenvalue weighted by Gasteiger charge is -2.16. The fourth-order valence-corrected chi connectivity index (χ4v) is 1.91. The van der Waals surface area contributed by atoms with E-state index in [4.69, 9.17) is 4.42 Å². The Morgan fingerprint density at radius 2 is 1.89 bits per heavy atom. The molecule has 2 aromatic rings. The highest BCUT2D eigenvalue weighted by Crippen LogP contribution is 2.23. The van der Waals surface area contributed by atoms with E-state index in [0.29, 0.717) is 17.3 Å². The normalized spacial score (nSPS) is 10.8. The third-order valence-corrected chi connectivity index (χ3v) is 2.95. The van der Waals surface area contributed by atoms with E-state index in [2.05, 4.69) is 4.98 Å². The molecule has 2 rings (SSSR count). The smallest absolute Gasteiger partial charge is 0.295 e. The lowest BCUT2D eigenvalue weighted by Crippen LogP contribution is -2.26. The molecule has 0 radical (unpaired) electrons. The Bertz CT molecular complexity index is 573. The van der Waals surface area contributed by atoms with Crippen molar-refractivity contribution in [1.82, 2.24) is 4.98 Å². The van der Waals surface area contributed by atoms with Crippen LogP contribution in [0.15, 0.2) is 34.7 Å². The maximum Gasteiger partial charge on any atom is 0.295 e. The van der Waals surface area contributed by atoms with Crippen molar-refractivity contribution in [2.24, 2.45) is 0 Å². The summed E-state index contributed by atoms with van der Waals surface area (Å²) in [6.45, 7) is 5.75. The Balaban J connectivity index is 2.34. The molecule has 0 saturated carbocycles. The van der Waals surface area contributed by atoms with Gasteiger partial charge < -0.3 is 9.32 Å². The molecule has 4 nitrogen and oxygen atoms in total. The van der Waals surface area contributed by atoms with E-state index in [1.54, 1.807) is 18.9 Å². The van der Waals surface area contributed by atoms with Gasteiger partial charge in [0.25, 0.3) is 5.91 Å². The van der Waals surface area contributed by atoms with E-state index in [0.717, 1.165) is 5.69 Å². The molecule has 0 aliphatic rings. The molecule has 0 atom stereocenters. The van der Waals surface area contributed by atoms with Gasteiger partial charge in [-0.2, -0.15) is 0 Å². The summed E-state index contributed by atoms with van der Waals surface area (Å²) >= 11 is 0. The van der Waals surface area contributed by atoms with Crippen LogP contribution in [0, 0.1) is 6.92 Å². The second-order valence-corrected chi connectivity index (χ2v) is 4.80. The molecule has 0 unspecified atom stereocenters. The molecule has 1 heterocycles. The van der Waals surface area contributed by atoms with Gasteiger partial charge in [0, 0.05) is 19.7 Å². The predicted molar refractivity (Wildman–Crippen MR) is 74.5 cm³/mol. The Labute approximate surface area is 113 Å². The molecule has 0 saturated heterocycles. The second-order valence-electron chi connectivity index (χ2n) is 4.80. The Hall–Kier alpha value is -2.10. The van der Waals surface area contributed by atoms with Crippen molar-refractivity contribution < 1.29 is 9.21 Å². The van der Waals surface area contributed by atoms with E-state index in [-0.39, 0.29) is 11.8 Å². The van der Waals surface area contributed by atoms with Crippen molar-refractivity contribution in [1.29, 1.82) is 0 Å². The van der Waals surface area contributed by atoms with Gasteiger partial charge in [0.2, 0.25) is 5.76 Å². The number of para-hydroxylation sites is 1. The van der Waals surface area contributed by atoms with E-state index >= 15 is 0 Å². The molecule has 0 spiro atoms. The zero-order valence-electron chi connectivity index (χ0n) is 11.7. The van der Waals surface area contributed by atoms with Gasteiger partial charge in [-0.3, -0.25) is 4.79 Å². The molecule has 1 aromatic carbocycles. The SMILES string of the molecule is Cc1nc(C(C)C)c(C(=O)N(C)c2ccccc2)o1. The monoisotopic (exact) mass is 258 g/mol. The van der Waals surface area contributed by atoms with Crippen LogP contribution in [-0.2, 0) is 0 Å². The van der Waals surface area contributed by atoms with Crippen molar-refractivity contribution in [2.45, 2.75) is 26.7 Å². The summed E-state index contributed by atoms with van der Waals surface area (Å²) in [5, 5.41) is 0. The van der Waals surface area contributed by atoms with Crippen molar-refractivity contribution in [2.75, 3.05) is 11.9 Å². The highest BCUT2D eigenvalue weighted by Gasteiger charge is 2.24. The zero-order valence-corrected chi connectivity index (χ0v) is 11.7. The molecule has 100 valence electrons. The van der Waals surface area contributed by atoms with Crippen LogP contribution in [0.3, 0.4) is 0 Å². The standard InChI is InChI=1S/C15H18N2O2/c1-10(2)13-14(19-11(3)16-13)15(18)17(4)12-8-6-5-7-9-12/h5-10H,1-4H3. The summed E-state index contributed by atoms with van der Waals surface area (Å²) in [5.41, 5.74) is 1.54. The van der Waals surface area contributed by atoms with E-state index in [1.165, 1.54) is 0 Å². The average molecular weight is 258 g/mol. The number of anilines is 1. The first kappa shape index (κ1) is 13.3. The maximum atomic E-state index is 12.5. The van der Waals surface area contributed by atoms with E-state index in [9.17, 15) is 4.79 Å². The van der Waals surface area contributed by atoms with Gasteiger partial charge in [0.1, 0.15) is 0 Å². The summed E-state index contributed by atoms with van der Waals surface area (Å²) in [7, 11) is 1.74. The van der Waals surface area contributed by atoms with Gasteiger partial charge >= 0.3 is 0 Å². The van der Waals surface area contributed by atoms with Crippen LogP contribution in [0.25, 0.3) is 0 Å². The number of nitrogens with zero attached hydrogens (tertiary/aromatic N) is 2. The minimum Gasteiger partial charge on any atom is -0.436 e. The van der Waals surface area contributed by atoms with Gasteiger partial charge in [-0.05, 0) is 18.1 Å². The highest BCUT2D eigenvalue weighted by molar-refractivity contribution is 6.04. The zero-order chi connectivity index (χ0) is 14.0. The molecule has 0 aliphatic heterocycles. The van der Waals surface area contributed by atoms with Crippen LogP contribution in [-0.4, -0.2) is 17.9 Å². The van der Waals surface area contributed by atoms with Crippen molar-refractivity contribution >= 4 is 11.6 Å². The molecular formula is C15H18N2O2. The van der Waals surface area contributed by atoms with Crippen LogP contribution in [0.5, 0.6) is 0 Å². The largest absolute Gasteiger partial charge is 0.436 e. The molecule has 19 heavy (non-hydrogen) atoms. The van der Waals surface area contributed by atoms with Gasteiger partial charge in [-0.25, -0.2) is 4.98 Å². The summed E-state index contributed by atoms with van der Waals surface area (Å²) < 4.78 is 5.48. The van der Waals surface area contributed by atoms with Crippen LogP contribution < -0.4 is 4.90 Å². The molecule has 0 aliphatic carbocycles. The molecule has 1 amide bonds. The number of benzene rings is 1. The van der Waals surface area contributed by atoms with Crippen LogP contribution in [0.2, 0.25) is 0 Å². The molecule has 0 bridgehead atoms. The number of oxazole rings is 1. The van der Waals surface area contributed by atoms with Crippen molar-refractivity contribution in [3.8, 4) is 0 Å². The summed E-state index contributed by atoms with van der Waals surface area (Å²) in [6.07, 6.45) is 0. The quantitative estimate of drug-likeness (QED) is 0.847. The molecular weight excluding hydrogens is 240 g/mol.